The number of hydrogen-bond acceptors (Lipinski definition) is 4. The van der Waals surface area contributed by atoms with Crippen LogP contribution in [0.25, 0.3) is 33.6 Å². The number of nitrogens with zero attached hydrogens (tertiary/aromatic N) is 2. The summed E-state index contributed by atoms with van der Waals surface area (Å²) in [5.74, 6) is 2.10. The lowest BCUT2D eigenvalue weighted by molar-refractivity contribution is 0.415. The Labute approximate surface area is 133 Å². The van der Waals surface area contributed by atoms with Crippen LogP contribution >= 0.6 is 0 Å². The van der Waals surface area contributed by atoms with Crippen LogP contribution in [0.2, 0.25) is 0 Å². The highest BCUT2D eigenvalue weighted by molar-refractivity contribution is 5.93. The molecule has 0 aliphatic carbocycles. The van der Waals surface area contributed by atoms with E-state index < -0.39 is 0 Å². The van der Waals surface area contributed by atoms with Gasteiger partial charge in [0.2, 0.25) is 5.89 Å². The molecule has 0 fully saturated rings. The van der Waals surface area contributed by atoms with Crippen molar-refractivity contribution in [1.82, 2.24) is 9.97 Å². The van der Waals surface area contributed by atoms with Crippen molar-refractivity contribution in [3.05, 3.63) is 67.1 Å². The summed E-state index contributed by atoms with van der Waals surface area (Å²) in [6.45, 7) is 0. The lowest BCUT2D eigenvalue weighted by Crippen LogP contribution is -1.83. The minimum atomic E-state index is 0.570. The fraction of sp³-hybridized carbons (Fsp3) is 0.0526. The van der Waals surface area contributed by atoms with Gasteiger partial charge in [-0.25, -0.2) is 4.98 Å². The monoisotopic (exact) mass is 302 g/mol. The molecule has 0 aliphatic heterocycles. The van der Waals surface area contributed by atoms with Crippen molar-refractivity contribution in [1.29, 1.82) is 0 Å². The molecule has 112 valence electrons. The minimum Gasteiger partial charge on any atom is -0.497 e. The maximum Gasteiger partial charge on any atom is 0.228 e. The van der Waals surface area contributed by atoms with Gasteiger partial charge in [-0.05, 0) is 29.7 Å². The quantitative estimate of drug-likeness (QED) is 0.556. The second kappa shape index (κ2) is 5.57. The van der Waals surface area contributed by atoms with Crippen molar-refractivity contribution in [3.8, 4) is 28.5 Å². The lowest BCUT2D eigenvalue weighted by atomic mass is 10.1. The molecule has 4 aromatic rings. The molecule has 4 heteroatoms. The fourth-order valence-electron chi connectivity index (χ4n) is 2.57. The second-order valence-corrected chi connectivity index (χ2v) is 5.17. The molecule has 0 saturated carbocycles. The van der Waals surface area contributed by atoms with Crippen molar-refractivity contribution in [3.63, 3.8) is 0 Å². The third-order valence-electron chi connectivity index (χ3n) is 3.78. The first kappa shape index (κ1) is 13.5. The van der Waals surface area contributed by atoms with Gasteiger partial charge in [0.05, 0.1) is 18.9 Å². The number of methoxy groups -OCH3 is 1. The van der Waals surface area contributed by atoms with Gasteiger partial charge in [-0.2, -0.15) is 0 Å². The van der Waals surface area contributed by atoms with Crippen LogP contribution in [0.4, 0.5) is 0 Å². The highest BCUT2D eigenvalue weighted by atomic mass is 16.5. The summed E-state index contributed by atoms with van der Waals surface area (Å²) in [6, 6.07) is 15.8. The molecule has 2 heterocycles. The summed E-state index contributed by atoms with van der Waals surface area (Å²) in [6.07, 6.45) is 5.36. The first-order chi connectivity index (χ1) is 11.3. The van der Waals surface area contributed by atoms with Crippen molar-refractivity contribution in [2.24, 2.45) is 0 Å². The van der Waals surface area contributed by atoms with Crippen LogP contribution in [0.5, 0.6) is 5.75 Å². The Bertz CT molecular complexity index is 953. The van der Waals surface area contributed by atoms with E-state index in [1.54, 1.807) is 19.5 Å². The molecular weight excluding hydrogens is 288 g/mol. The summed E-state index contributed by atoms with van der Waals surface area (Å²) in [7, 11) is 1.65. The Morgan fingerprint density at radius 2 is 1.74 bits per heavy atom. The molecular formula is C19H14N2O2. The van der Waals surface area contributed by atoms with Gasteiger partial charge in [0.1, 0.15) is 5.75 Å². The number of hydrogen-bond donors (Lipinski definition) is 0. The van der Waals surface area contributed by atoms with Gasteiger partial charge in [-0.3, -0.25) is 4.98 Å². The van der Waals surface area contributed by atoms with Crippen LogP contribution < -0.4 is 4.74 Å². The van der Waals surface area contributed by atoms with Crippen LogP contribution in [0.1, 0.15) is 0 Å². The molecule has 2 aromatic carbocycles. The predicted molar refractivity (Wildman–Crippen MR) is 89.2 cm³/mol. The maximum absolute atomic E-state index is 5.95. The number of aromatic nitrogens is 2. The molecule has 0 atom stereocenters. The summed E-state index contributed by atoms with van der Waals surface area (Å²) in [5.41, 5.74) is 1.85. The zero-order valence-electron chi connectivity index (χ0n) is 12.6. The van der Waals surface area contributed by atoms with Crippen molar-refractivity contribution in [2.45, 2.75) is 0 Å². The molecule has 0 unspecified atom stereocenters. The second-order valence-electron chi connectivity index (χ2n) is 5.17. The van der Waals surface area contributed by atoms with Gasteiger partial charge in [0.25, 0.3) is 0 Å². The van der Waals surface area contributed by atoms with Gasteiger partial charge in [0.15, 0.2) is 5.76 Å². The zero-order chi connectivity index (χ0) is 15.6. The van der Waals surface area contributed by atoms with Gasteiger partial charge < -0.3 is 9.15 Å². The molecule has 4 rings (SSSR count). The van der Waals surface area contributed by atoms with E-state index in [1.165, 1.54) is 0 Å². The number of pyridine rings is 1. The Morgan fingerprint density at radius 1 is 0.913 bits per heavy atom. The van der Waals surface area contributed by atoms with Crippen LogP contribution in [-0.4, -0.2) is 17.1 Å². The molecule has 0 bridgehead atoms. The summed E-state index contributed by atoms with van der Waals surface area (Å²) in [5, 5.41) is 2.14. The van der Waals surface area contributed by atoms with E-state index in [-0.39, 0.29) is 0 Å². The van der Waals surface area contributed by atoms with Crippen molar-refractivity contribution in [2.75, 3.05) is 7.11 Å². The van der Waals surface area contributed by atoms with Gasteiger partial charge >= 0.3 is 0 Å². The SMILES string of the molecule is COc1ccc(-c2cnc(-c3cncc4ccccc34)o2)cc1. The zero-order valence-corrected chi connectivity index (χ0v) is 12.6. The Hall–Kier alpha value is -3.14. The van der Waals surface area contributed by atoms with Gasteiger partial charge in [0, 0.05) is 23.3 Å². The van der Waals surface area contributed by atoms with E-state index in [0.717, 1.165) is 33.4 Å². The van der Waals surface area contributed by atoms with Crippen LogP contribution in [0.15, 0.2) is 71.5 Å². The van der Waals surface area contributed by atoms with E-state index in [0.29, 0.717) is 5.89 Å². The number of fused-ring (bicyclic) bond motifs is 1. The maximum atomic E-state index is 5.95. The minimum absolute atomic E-state index is 0.570. The molecule has 23 heavy (non-hydrogen) atoms. The highest BCUT2D eigenvalue weighted by Crippen LogP contribution is 2.30. The first-order valence-electron chi connectivity index (χ1n) is 7.28. The number of rotatable bonds is 3. The van der Waals surface area contributed by atoms with E-state index >= 15 is 0 Å². The fourth-order valence-corrected chi connectivity index (χ4v) is 2.57. The van der Waals surface area contributed by atoms with Crippen LogP contribution in [-0.2, 0) is 0 Å². The molecule has 0 N–H and O–H groups in total. The Morgan fingerprint density at radius 3 is 2.57 bits per heavy atom. The molecule has 0 saturated heterocycles. The normalized spacial score (nSPS) is 10.8. The van der Waals surface area contributed by atoms with Crippen LogP contribution in [0.3, 0.4) is 0 Å². The van der Waals surface area contributed by atoms with Gasteiger partial charge in [-0.15, -0.1) is 0 Å². The Kier molecular flexibility index (Phi) is 3.27. The van der Waals surface area contributed by atoms with Crippen molar-refractivity contribution < 1.29 is 9.15 Å². The average Bonchev–Trinajstić information content (AvgIpc) is 3.11. The largest absolute Gasteiger partial charge is 0.497 e. The van der Waals surface area contributed by atoms with E-state index in [2.05, 4.69) is 9.97 Å². The van der Waals surface area contributed by atoms with E-state index in [1.807, 2.05) is 54.7 Å². The smallest absolute Gasteiger partial charge is 0.228 e. The molecule has 0 amide bonds. The standard InChI is InChI=1S/C19H14N2O2/c1-22-15-8-6-13(7-9-15)18-12-21-19(23-18)17-11-20-10-14-4-2-3-5-16(14)17/h2-12H,1H3. The molecule has 0 aliphatic rings. The van der Waals surface area contributed by atoms with Crippen molar-refractivity contribution >= 4 is 10.8 Å². The number of oxazole rings is 1. The Balaban J connectivity index is 1.77. The summed E-state index contributed by atoms with van der Waals surface area (Å²) < 4.78 is 11.1. The average molecular weight is 302 g/mol. The molecule has 0 radical (unpaired) electrons. The van der Waals surface area contributed by atoms with Crippen LogP contribution in [0, 0.1) is 0 Å². The van der Waals surface area contributed by atoms with E-state index in [9.17, 15) is 0 Å². The third-order valence-corrected chi connectivity index (χ3v) is 3.78. The molecule has 0 spiro atoms. The van der Waals surface area contributed by atoms with Gasteiger partial charge in [-0.1, -0.05) is 24.3 Å². The lowest BCUT2D eigenvalue weighted by Gasteiger charge is -2.02. The first-order valence-corrected chi connectivity index (χ1v) is 7.28. The molecule has 4 nitrogen and oxygen atoms in total. The third kappa shape index (κ3) is 2.44. The topological polar surface area (TPSA) is 48.2 Å². The molecule has 2 aromatic heterocycles. The highest BCUT2D eigenvalue weighted by Gasteiger charge is 2.11. The van der Waals surface area contributed by atoms with E-state index in [4.69, 9.17) is 9.15 Å². The number of benzene rings is 2. The number of ether oxygens (including phenoxy) is 1. The predicted octanol–water partition coefficient (Wildman–Crippen LogP) is 4.57. The summed E-state index contributed by atoms with van der Waals surface area (Å²) >= 11 is 0. The summed E-state index contributed by atoms with van der Waals surface area (Å²) in [4.78, 5) is 8.69.